The van der Waals surface area contributed by atoms with Gasteiger partial charge in [-0.15, -0.1) is 11.8 Å². The predicted octanol–water partition coefficient (Wildman–Crippen LogP) is 7.90. The van der Waals surface area contributed by atoms with E-state index in [4.69, 9.17) is 11.6 Å². The summed E-state index contributed by atoms with van der Waals surface area (Å²) in [7, 11) is 0. The van der Waals surface area contributed by atoms with Crippen LogP contribution in [-0.2, 0) is 16.8 Å². The van der Waals surface area contributed by atoms with E-state index in [0.717, 1.165) is 16.7 Å². The van der Waals surface area contributed by atoms with Crippen molar-refractivity contribution in [1.29, 1.82) is 0 Å². The molecule has 41 heavy (non-hydrogen) atoms. The van der Waals surface area contributed by atoms with Crippen molar-refractivity contribution in [3.8, 4) is 0 Å². The monoisotopic (exact) mass is 582 g/mol. The number of halogens is 1. The van der Waals surface area contributed by atoms with Crippen LogP contribution in [-0.4, -0.2) is 28.3 Å². The van der Waals surface area contributed by atoms with Gasteiger partial charge in [0.05, 0.1) is 5.75 Å². The van der Waals surface area contributed by atoms with E-state index in [0.29, 0.717) is 39.7 Å². The van der Waals surface area contributed by atoms with Crippen molar-refractivity contribution in [1.82, 2.24) is 4.90 Å². The topological polar surface area (TPSA) is 66.5 Å². The Hall–Kier alpha value is -3.87. The largest absolute Gasteiger partial charge is 0.322 e. The van der Waals surface area contributed by atoms with Gasteiger partial charge in [0.1, 0.15) is 5.37 Å². The normalized spacial score (nSPS) is 15.2. The van der Waals surface area contributed by atoms with Gasteiger partial charge in [-0.25, -0.2) is 0 Å². The summed E-state index contributed by atoms with van der Waals surface area (Å²) in [6.45, 7) is 6.90. The third kappa shape index (κ3) is 6.72. The smallest absolute Gasteiger partial charge is 0.255 e. The van der Waals surface area contributed by atoms with Crippen molar-refractivity contribution in [2.75, 3.05) is 11.1 Å². The first-order chi connectivity index (χ1) is 19.6. The standard InChI is InChI=1S/C34H31ClN2O3S/c1-34(2,3)27-15-13-23(14-16-27)31(39)26-5-4-6-29(19-26)36-32(40)24-9-11-25(12-10-24)33-37(30(38)21-41-33)20-22-7-17-28(35)18-8-22/h4-19,33H,20-21H2,1-3H3,(H,36,40)/t33-/m1/s1. The van der Waals surface area contributed by atoms with Crippen molar-refractivity contribution in [2.45, 2.75) is 38.1 Å². The van der Waals surface area contributed by atoms with Crippen LogP contribution in [0.1, 0.15) is 69.1 Å². The van der Waals surface area contributed by atoms with Gasteiger partial charge in [0, 0.05) is 33.9 Å². The van der Waals surface area contributed by atoms with Crippen LogP contribution in [0.3, 0.4) is 0 Å². The molecule has 0 spiro atoms. The molecule has 1 heterocycles. The number of anilines is 1. The molecule has 4 aromatic carbocycles. The summed E-state index contributed by atoms with van der Waals surface area (Å²) < 4.78 is 0. The Morgan fingerprint density at radius 1 is 0.878 bits per heavy atom. The molecule has 1 atom stereocenters. The number of rotatable bonds is 7. The number of nitrogens with one attached hydrogen (secondary N) is 1. The fourth-order valence-electron chi connectivity index (χ4n) is 4.72. The van der Waals surface area contributed by atoms with Crippen LogP contribution in [0.15, 0.2) is 97.1 Å². The van der Waals surface area contributed by atoms with Gasteiger partial charge in [-0.3, -0.25) is 14.4 Å². The molecule has 1 N–H and O–H groups in total. The minimum absolute atomic E-state index is 0.00807. The number of nitrogens with zero attached hydrogens (tertiary/aromatic N) is 1. The molecule has 1 fully saturated rings. The molecular weight excluding hydrogens is 552 g/mol. The van der Waals surface area contributed by atoms with E-state index in [1.807, 2.05) is 65.6 Å². The van der Waals surface area contributed by atoms with Crippen LogP contribution < -0.4 is 5.32 Å². The summed E-state index contributed by atoms with van der Waals surface area (Å²) in [6.07, 6.45) is 0. The maximum absolute atomic E-state index is 13.1. The second kappa shape index (κ2) is 11.9. The molecule has 0 aliphatic carbocycles. The van der Waals surface area contributed by atoms with Gasteiger partial charge in [-0.2, -0.15) is 0 Å². The van der Waals surface area contributed by atoms with Crippen LogP contribution in [0.5, 0.6) is 0 Å². The lowest BCUT2D eigenvalue weighted by Gasteiger charge is -2.24. The van der Waals surface area contributed by atoms with Gasteiger partial charge < -0.3 is 10.2 Å². The lowest BCUT2D eigenvalue weighted by atomic mass is 9.86. The zero-order chi connectivity index (χ0) is 29.1. The summed E-state index contributed by atoms with van der Waals surface area (Å²) in [4.78, 5) is 40.6. The first-order valence-corrected chi connectivity index (χ1v) is 14.8. The number of hydrogen-bond acceptors (Lipinski definition) is 4. The highest BCUT2D eigenvalue weighted by Crippen LogP contribution is 2.39. The Labute approximate surface area is 249 Å². The van der Waals surface area contributed by atoms with Crippen LogP contribution in [0.25, 0.3) is 0 Å². The van der Waals surface area contributed by atoms with Crippen molar-refractivity contribution in [3.05, 3.63) is 135 Å². The van der Waals surface area contributed by atoms with E-state index in [2.05, 4.69) is 26.1 Å². The van der Waals surface area contributed by atoms with Crippen LogP contribution >= 0.6 is 23.4 Å². The Balaban J connectivity index is 1.25. The van der Waals surface area contributed by atoms with Crippen LogP contribution in [0.4, 0.5) is 5.69 Å². The number of thioether (sulfide) groups is 1. The summed E-state index contributed by atoms with van der Waals surface area (Å²) in [5.41, 5.74) is 5.27. The minimum Gasteiger partial charge on any atom is -0.322 e. The highest BCUT2D eigenvalue weighted by atomic mass is 35.5. The molecule has 0 aromatic heterocycles. The van der Waals surface area contributed by atoms with Crippen LogP contribution in [0, 0.1) is 0 Å². The lowest BCUT2D eigenvalue weighted by Crippen LogP contribution is -2.27. The second-order valence-electron chi connectivity index (χ2n) is 11.1. The van der Waals surface area contributed by atoms with Crippen molar-refractivity contribution in [2.24, 2.45) is 0 Å². The van der Waals surface area contributed by atoms with Crippen molar-refractivity contribution < 1.29 is 14.4 Å². The molecule has 5 nitrogen and oxygen atoms in total. The van der Waals surface area contributed by atoms with Crippen LogP contribution in [0.2, 0.25) is 5.02 Å². The van der Waals surface area contributed by atoms with Gasteiger partial charge in [0.2, 0.25) is 5.91 Å². The van der Waals surface area contributed by atoms with E-state index < -0.39 is 0 Å². The average molecular weight is 583 g/mol. The van der Waals surface area contributed by atoms with Gasteiger partial charge in [0.15, 0.2) is 5.78 Å². The molecule has 1 aliphatic heterocycles. The molecule has 1 aliphatic rings. The minimum atomic E-state index is -0.274. The molecule has 0 saturated carbocycles. The summed E-state index contributed by atoms with van der Waals surface area (Å²) >= 11 is 7.58. The molecule has 7 heteroatoms. The average Bonchev–Trinajstić information content (AvgIpc) is 3.33. The predicted molar refractivity (Wildman–Crippen MR) is 167 cm³/mol. The number of hydrogen-bond donors (Lipinski definition) is 1. The van der Waals surface area contributed by atoms with E-state index in [1.165, 1.54) is 0 Å². The first kappa shape index (κ1) is 28.7. The number of benzene rings is 4. The Morgan fingerprint density at radius 2 is 1.54 bits per heavy atom. The fraction of sp³-hybridized carbons (Fsp3) is 0.206. The molecule has 0 radical (unpaired) electrons. The van der Waals surface area contributed by atoms with Gasteiger partial charge in [-0.05, 0) is 58.5 Å². The van der Waals surface area contributed by atoms with Crippen molar-refractivity contribution in [3.63, 3.8) is 0 Å². The molecular formula is C34H31ClN2O3S. The molecule has 0 bridgehead atoms. The van der Waals surface area contributed by atoms with Crippen molar-refractivity contribution >= 4 is 46.6 Å². The number of carbonyl (C=O) groups excluding carboxylic acids is 3. The first-order valence-electron chi connectivity index (χ1n) is 13.4. The quantitative estimate of drug-likeness (QED) is 0.225. The molecule has 1 saturated heterocycles. The molecule has 0 unspecified atom stereocenters. The van der Waals surface area contributed by atoms with E-state index >= 15 is 0 Å². The summed E-state index contributed by atoms with van der Waals surface area (Å²) in [5.74, 6) is 0.119. The lowest BCUT2D eigenvalue weighted by molar-refractivity contribution is -0.128. The Bertz CT molecular complexity index is 1580. The van der Waals surface area contributed by atoms with Gasteiger partial charge >= 0.3 is 0 Å². The molecule has 208 valence electrons. The second-order valence-corrected chi connectivity index (χ2v) is 12.6. The van der Waals surface area contributed by atoms with E-state index in [-0.39, 0.29) is 28.4 Å². The fourth-order valence-corrected chi connectivity index (χ4v) is 6.03. The SMILES string of the molecule is CC(C)(C)c1ccc(C(=O)c2cccc(NC(=O)c3ccc([C@H]4SCC(=O)N4Cc4ccc(Cl)cc4)cc3)c2)cc1. The number of amides is 2. The molecule has 5 rings (SSSR count). The number of ketones is 1. The Morgan fingerprint density at radius 3 is 2.20 bits per heavy atom. The van der Waals surface area contributed by atoms with Gasteiger partial charge in [0.25, 0.3) is 5.91 Å². The number of carbonyl (C=O) groups is 3. The van der Waals surface area contributed by atoms with Gasteiger partial charge in [-0.1, -0.05) is 93.0 Å². The Kier molecular flexibility index (Phi) is 8.34. The summed E-state index contributed by atoms with van der Waals surface area (Å²) in [6, 6.07) is 29.4. The summed E-state index contributed by atoms with van der Waals surface area (Å²) in [5, 5.41) is 3.43. The maximum atomic E-state index is 13.1. The third-order valence-corrected chi connectivity index (χ3v) is 8.60. The third-order valence-electron chi connectivity index (χ3n) is 7.09. The van der Waals surface area contributed by atoms with E-state index in [1.54, 1.807) is 48.2 Å². The van der Waals surface area contributed by atoms with E-state index in [9.17, 15) is 14.4 Å². The maximum Gasteiger partial charge on any atom is 0.255 e. The zero-order valence-electron chi connectivity index (χ0n) is 23.2. The zero-order valence-corrected chi connectivity index (χ0v) is 24.8. The highest BCUT2D eigenvalue weighted by Gasteiger charge is 2.32. The molecule has 2 amide bonds. The molecule has 4 aromatic rings. The highest BCUT2D eigenvalue weighted by molar-refractivity contribution is 8.00.